The SMILES string of the molecule is Cc1ccc(N([C@@H](C)C(=O)NC[C@@H]2COc3ccccc3O2)S(C)(=O)=O)cc1C. The first kappa shape index (κ1) is 21.0. The van der Waals surface area contributed by atoms with E-state index in [9.17, 15) is 13.2 Å². The largest absolute Gasteiger partial charge is 0.486 e. The molecule has 1 aliphatic heterocycles. The number of ether oxygens (including phenoxy) is 2. The minimum absolute atomic E-state index is 0.210. The molecule has 3 rings (SSSR count). The van der Waals surface area contributed by atoms with Gasteiger partial charge in [0.1, 0.15) is 18.8 Å². The van der Waals surface area contributed by atoms with E-state index in [4.69, 9.17) is 9.47 Å². The summed E-state index contributed by atoms with van der Waals surface area (Å²) in [7, 11) is -3.66. The molecule has 1 aliphatic rings. The van der Waals surface area contributed by atoms with Gasteiger partial charge in [-0.1, -0.05) is 18.2 Å². The van der Waals surface area contributed by atoms with Crippen molar-refractivity contribution in [1.82, 2.24) is 5.32 Å². The average Bonchev–Trinajstić information content (AvgIpc) is 2.67. The Morgan fingerprint density at radius 2 is 1.86 bits per heavy atom. The number of fused-ring (bicyclic) bond motifs is 1. The van der Waals surface area contributed by atoms with E-state index >= 15 is 0 Å². The summed E-state index contributed by atoms with van der Waals surface area (Å²) in [6, 6.07) is 11.7. The number of aryl methyl sites for hydroxylation is 2. The number of sulfonamides is 1. The monoisotopic (exact) mass is 418 g/mol. The van der Waals surface area contributed by atoms with E-state index < -0.39 is 22.0 Å². The summed E-state index contributed by atoms with van der Waals surface area (Å²) in [4.78, 5) is 12.7. The van der Waals surface area contributed by atoms with Gasteiger partial charge >= 0.3 is 0 Å². The predicted octanol–water partition coefficient (Wildman–Crippen LogP) is 2.41. The number of carbonyl (C=O) groups excluding carboxylic acids is 1. The molecule has 0 spiro atoms. The molecule has 7 nitrogen and oxygen atoms in total. The summed E-state index contributed by atoms with van der Waals surface area (Å²) in [6.45, 7) is 5.94. The minimum atomic E-state index is -3.66. The van der Waals surface area contributed by atoms with Gasteiger partial charge in [0.2, 0.25) is 15.9 Å². The first-order valence-corrected chi connectivity index (χ1v) is 11.2. The number of para-hydroxylation sites is 2. The van der Waals surface area contributed by atoms with Crippen LogP contribution >= 0.6 is 0 Å². The molecular formula is C21H26N2O5S. The van der Waals surface area contributed by atoms with Gasteiger partial charge in [-0.25, -0.2) is 8.42 Å². The maximum atomic E-state index is 12.7. The maximum absolute atomic E-state index is 12.7. The Hall–Kier alpha value is -2.74. The number of anilines is 1. The lowest BCUT2D eigenvalue weighted by Crippen LogP contribution is -2.50. The Labute approximate surface area is 171 Å². The molecule has 0 saturated heterocycles. The minimum Gasteiger partial charge on any atom is -0.486 e. The molecule has 0 unspecified atom stereocenters. The van der Waals surface area contributed by atoms with Gasteiger partial charge in [-0.05, 0) is 56.2 Å². The fraction of sp³-hybridized carbons (Fsp3) is 0.381. The number of rotatable bonds is 6. The number of amides is 1. The van der Waals surface area contributed by atoms with Crippen molar-refractivity contribution >= 4 is 21.6 Å². The van der Waals surface area contributed by atoms with Crippen molar-refractivity contribution in [3.05, 3.63) is 53.6 Å². The van der Waals surface area contributed by atoms with Crippen LogP contribution in [0.1, 0.15) is 18.1 Å². The summed E-state index contributed by atoms with van der Waals surface area (Å²) in [5.41, 5.74) is 2.47. The van der Waals surface area contributed by atoms with Crippen LogP contribution in [0.2, 0.25) is 0 Å². The number of benzene rings is 2. The van der Waals surface area contributed by atoms with Crippen LogP contribution in [0.15, 0.2) is 42.5 Å². The van der Waals surface area contributed by atoms with Gasteiger partial charge in [0.25, 0.3) is 0 Å². The Kier molecular flexibility index (Phi) is 6.02. The molecule has 0 aliphatic carbocycles. The molecule has 0 saturated carbocycles. The number of nitrogens with one attached hydrogen (secondary N) is 1. The van der Waals surface area contributed by atoms with Crippen LogP contribution in [0.25, 0.3) is 0 Å². The van der Waals surface area contributed by atoms with Crippen LogP contribution in [0, 0.1) is 13.8 Å². The molecule has 0 radical (unpaired) electrons. The lowest BCUT2D eigenvalue weighted by Gasteiger charge is -2.30. The molecule has 1 amide bonds. The second-order valence-corrected chi connectivity index (χ2v) is 9.11. The van der Waals surface area contributed by atoms with Gasteiger partial charge in [0, 0.05) is 0 Å². The number of carbonyl (C=O) groups is 1. The van der Waals surface area contributed by atoms with E-state index in [0.29, 0.717) is 23.8 Å². The van der Waals surface area contributed by atoms with Gasteiger partial charge in [-0.3, -0.25) is 9.10 Å². The van der Waals surface area contributed by atoms with Gasteiger partial charge in [-0.15, -0.1) is 0 Å². The molecule has 2 aromatic carbocycles. The van der Waals surface area contributed by atoms with Crippen molar-refractivity contribution in [2.45, 2.75) is 32.9 Å². The van der Waals surface area contributed by atoms with Gasteiger partial charge in [0.05, 0.1) is 18.5 Å². The molecular weight excluding hydrogens is 392 g/mol. The van der Waals surface area contributed by atoms with E-state index in [0.717, 1.165) is 21.7 Å². The second-order valence-electron chi connectivity index (χ2n) is 7.25. The molecule has 8 heteroatoms. The first-order valence-electron chi connectivity index (χ1n) is 9.39. The quantitative estimate of drug-likeness (QED) is 0.779. The van der Waals surface area contributed by atoms with Crippen LogP contribution in [0.4, 0.5) is 5.69 Å². The molecule has 0 fully saturated rings. The molecule has 156 valence electrons. The molecule has 29 heavy (non-hydrogen) atoms. The molecule has 1 N–H and O–H groups in total. The van der Waals surface area contributed by atoms with Gasteiger partial charge < -0.3 is 14.8 Å². The van der Waals surface area contributed by atoms with Crippen LogP contribution in [-0.4, -0.2) is 45.9 Å². The first-order chi connectivity index (χ1) is 13.7. The Morgan fingerprint density at radius 3 is 2.52 bits per heavy atom. The van der Waals surface area contributed by atoms with Crippen molar-refractivity contribution in [2.75, 3.05) is 23.7 Å². The molecule has 0 bridgehead atoms. The van der Waals surface area contributed by atoms with E-state index in [1.54, 1.807) is 25.1 Å². The lowest BCUT2D eigenvalue weighted by atomic mass is 10.1. The highest BCUT2D eigenvalue weighted by atomic mass is 32.2. The number of hydrogen-bond acceptors (Lipinski definition) is 5. The normalized spacial score (nSPS) is 16.8. The molecule has 1 heterocycles. The van der Waals surface area contributed by atoms with Gasteiger partial charge in [-0.2, -0.15) is 0 Å². The number of nitrogens with zero attached hydrogens (tertiary/aromatic N) is 1. The Morgan fingerprint density at radius 1 is 1.17 bits per heavy atom. The van der Waals surface area contributed by atoms with E-state index in [1.165, 1.54) is 0 Å². The highest BCUT2D eigenvalue weighted by Crippen LogP contribution is 2.30. The van der Waals surface area contributed by atoms with Crippen LogP contribution < -0.4 is 19.1 Å². The smallest absolute Gasteiger partial charge is 0.243 e. The summed E-state index contributed by atoms with van der Waals surface area (Å²) in [5, 5.41) is 2.78. The zero-order valence-corrected chi connectivity index (χ0v) is 17.8. The van der Waals surface area contributed by atoms with Crippen LogP contribution in [-0.2, 0) is 14.8 Å². The maximum Gasteiger partial charge on any atom is 0.243 e. The zero-order chi connectivity index (χ0) is 21.2. The third-order valence-corrected chi connectivity index (χ3v) is 6.15. The fourth-order valence-corrected chi connectivity index (χ4v) is 4.36. The predicted molar refractivity (Wildman–Crippen MR) is 112 cm³/mol. The lowest BCUT2D eigenvalue weighted by molar-refractivity contribution is -0.122. The van der Waals surface area contributed by atoms with Crippen LogP contribution in [0.5, 0.6) is 11.5 Å². The highest BCUT2D eigenvalue weighted by Gasteiger charge is 2.30. The zero-order valence-electron chi connectivity index (χ0n) is 17.0. The van der Waals surface area contributed by atoms with Crippen LogP contribution in [0.3, 0.4) is 0 Å². The Bertz CT molecular complexity index is 1010. The van der Waals surface area contributed by atoms with E-state index in [2.05, 4.69) is 5.32 Å². The Balaban J connectivity index is 1.69. The van der Waals surface area contributed by atoms with Crippen molar-refractivity contribution in [2.24, 2.45) is 0 Å². The van der Waals surface area contributed by atoms with Gasteiger partial charge in [0.15, 0.2) is 11.5 Å². The summed E-state index contributed by atoms with van der Waals surface area (Å²) in [5.74, 6) is 0.886. The van der Waals surface area contributed by atoms with Crippen molar-refractivity contribution in [3.63, 3.8) is 0 Å². The third-order valence-electron chi connectivity index (χ3n) is 4.90. The summed E-state index contributed by atoms with van der Waals surface area (Å²) < 4.78 is 37.5. The fourth-order valence-electron chi connectivity index (χ4n) is 3.20. The highest BCUT2D eigenvalue weighted by molar-refractivity contribution is 7.92. The molecule has 2 atom stereocenters. The molecule has 0 aromatic heterocycles. The van der Waals surface area contributed by atoms with Crippen molar-refractivity contribution in [3.8, 4) is 11.5 Å². The average molecular weight is 419 g/mol. The van der Waals surface area contributed by atoms with E-state index in [1.807, 2.05) is 38.1 Å². The van der Waals surface area contributed by atoms with Crippen molar-refractivity contribution < 1.29 is 22.7 Å². The van der Waals surface area contributed by atoms with E-state index in [-0.39, 0.29) is 12.6 Å². The third kappa shape index (κ3) is 4.82. The summed E-state index contributed by atoms with van der Waals surface area (Å²) in [6.07, 6.45) is 0.746. The standard InChI is InChI=1S/C21H26N2O5S/c1-14-9-10-17(11-15(14)2)23(29(4,25)26)16(3)21(24)22-12-18-13-27-19-7-5-6-8-20(19)28-18/h5-11,16,18H,12-13H2,1-4H3,(H,22,24)/t16-,18+/m0/s1. The summed E-state index contributed by atoms with van der Waals surface area (Å²) >= 11 is 0. The second kappa shape index (κ2) is 8.32. The van der Waals surface area contributed by atoms with Crippen molar-refractivity contribution in [1.29, 1.82) is 0 Å². The topological polar surface area (TPSA) is 84.9 Å². The molecule has 2 aromatic rings. The number of hydrogen-bond donors (Lipinski definition) is 1.